The van der Waals surface area contributed by atoms with Crippen LogP contribution in [0, 0.1) is 0 Å². The lowest BCUT2D eigenvalue weighted by molar-refractivity contribution is -0.0669. The molecule has 15 heavy (non-hydrogen) atoms. The SMILES string of the molecule is CC1(O)CN(C(=O)c2ccncc2Br)C1. The summed E-state index contributed by atoms with van der Waals surface area (Å²) in [5, 5.41) is 9.53. The van der Waals surface area contributed by atoms with E-state index in [1.165, 1.54) is 0 Å². The molecule has 5 heteroatoms. The fourth-order valence-corrected chi connectivity index (χ4v) is 2.06. The molecule has 80 valence electrons. The number of nitrogens with zero attached hydrogens (tertiary/aromatic N) is 2. The van der Waals surface area contributed by atoms with E-state index in [2.05, 4.69) is 20.9 Å². The summed E-state index contributed by atoms with van der Waals surface area (Å²) in [6.45, 7) is 2.50. The molecule has 0 atom stereocenters. The third kappa shape index (κ3) is 2.03. The highest BCUT2D eigenvalue weighted by Crippen LogP contribution is 2.24. The summed E-state index contributed by atoms with van der Waals surface area (Å²) in [6.07, 6.45) is 3.17. The smallest absolute Gasteiger partial charge is 0.255 e. The predicted octanol–water partition coefficient (Wildman–Crippen LogP) is 1.05. The Labute approximate surface area is 96.1 Å². The second-order valence-corrected chi connectivity index (χ2v) is 4.87. The molecule has 1 amide bonds. The maximum Gasteiger partial charge on any atom is 0.255 e. The van der Waals surface area contributed by atoms with Gasteiger partial charge in [0.1, 0.15) is 0 Å². The van der Waals surface area contributed by atoms with E-state index in [4.69, 9.17) is 0 Å². The summed E-state index contributed by atoms with van der Waals surface area (Å²) < 4.78 is 0.682. The first-order valence-corrected chi connectivity index (χ1v) is 5.40. The van der Waals surface area contributed by atoms with Crippen LogP contribution in [0.1, 0.15) is 17.3 Å². The Kier molecular flexibility index (Phi) is 2.52. The minimum absolute atomic E-state index is 0.0733. The molecule has 2 rings (SSSR count). The second-order valence-electron chi connectivity index (χ2n) is 4.01. The maximum atomic E-state index is 11.9. The molecule has 1 saturated heterocycles. The van der Waals surface area contributed by atoms with E-state index in [1.807, 2.05) is 0 Å². The molecule has 4 nitrogen and oxygen atoms in total. The lowest BCUT2D eigenvalue weighted by atomic mass is 9.96. The van der Waals surface area contributed by atoms with Gasteiger partial charge in [-0.1, -0.05) is 0 Å². The largest absolute Gasteiger partial charge is 0.386 e. The first-order chi connectivity index (χ1) is 6.99. The van der Waals surface area contributed by atoms with Gasteiger partial charge >= 0.3 is 0 Å². The van der Waals surface area contributed by atoms with Crippen LogP contribution < -0.4 is 0 Å². The van der Waals surface area contributed by atoms with Gasteiger partial charge in [0.25, 0.3) is 5.91 Å². The zero-order valence-electron chi connectivity index (χ0n) is 8.27. The van der Waals surface area contributed by atoms with Gasteiger partial charge in [0.2, 0.25) is 0 Å². The van der Waals surface area contributed by atoms with Crippen molar-refractivity contribution >= 4 is 21.8 Å². The highest BCUT2D eigenvalue weighted by molar-refractivity contribution is 9.10. The number of carbonyl (C=O) groups excluding carboxylic acids is 1. The Morgan fingerprint density at radius 1 is 1.67 bits per heavy atom. The van der Waals surface area contributed by atoms with Crippen LogP contribution in [0.15, 0.2) is 22.9 Å². The van der Waals surface area contributed by atoms with Gasteiger partial charge in [0.05, 0.1) is 24.3 Å². The van der Waals surface area contributed by atoms with Gasteiger partial charge in [-0.15, -0.1) is 0 Å². The van der Waals surface area contributed by atoms with Crippen molar-refractivity contribution in [1.82, 2.24) is 9.88 Å². The summed E-state index contributed by atoms with van der Waals surface area (Å²) in [5.41, 5.74) is -0.143. The Morgan fingerprint density at radius 2 is 2.33 bits per heavy atom. The number of pyridine rings is 1. The molecular weight excluding hydrogens is 260 g/mol. The fourth-order valence-electron chi connectivity index (χ4n) is 1.64. The Balaban J connectivity index is 2.14. The summed E-state index contributed by atoms with van der Waals surface area (Å²) in [7, 11) is 0. The van der Waals surface area contributed by atoms with E-state index in [0.717, 1.165) is 0 Å². The highest BCUT2D eigenvalue weighted by atomic mass is 79.9. The van der Waals surface area contributed by atoms with Gasteiger partial charge in [-0.3, -0.25) is 9.78 Å². The van der Waals surface area contributed by atoms with E-state index in [1.54, 1.807) is 30.3 Å². The van der Waals surface area contributed by atoms with Crippen LogP contribution in [-0.4, -0.2) is 39.6 Å². The Morgan fingerprint density at radius 3 is 2.87 bits per heavy atom. The number of β-amino-alcohol motifs (C(OH)–C–C–N with tert-alkyl or cyclic N) is 1. The van der Waals surface area contributed by atoms with Crippen molar-refractivity contribution in [3.8, 4) is 0 Å². The molecule has 1 aliphatic rings. The van der Waals surface area contributed by atoms with Crippen LogP contribution in [0.2, 0.25) is 0 Å². The predicted molar refractivity (Wildman–Crippen MR) is 58.5 cm³/mol. The standard InChI is InChI=1S/C10H11BrN2O2/c1-10(15)5-13(6-10)9(14)7-2-3-12-4-8(7)11/h2-4,15H,5-6H2,1H3. The number of aliphatic hydroxyl groups is 1. The molecule has 0 unspecified atom stereocenters. The van der Waals surface area contributed by atoms with Crippen LogP contribution in [-0.2, 0) is 0 Å². The molecule has 0 spiro atoms. The number of hydrogen-bond donors (Lipinski definition) is 1. The van der Waals surface area contributed by atoms with Crippen molar-refractivity contribution in [2.24, 2.45) is 0 Å². The van der Waals surface area contributed by atoms with Gasteiger partial charge in [-0.25, -0.2) is 0 Å². The van der Waals surface area contributed by atoms with E-state index in [0.29, 0.717) is 23.1 Å². The maximum absolute atomic E-state index is 11.9. The second kappa shape index (κ2) is 3.57. The van der Waals surface area contributed by atoms with E-state index < -0.39 is 5.60 Å². The van der Waals surface area contributed by atoms with Crippen molar-refractivity contribution in [1.29, 1.82) is 0 Å². The van der Waals surface area contributed by atoms with E-state index >= 15 is 0 Å². The van der Waals surface area contributed by atoms with Crippen LogP contribution in [0.5, 0.6) is 0 Å². The zero-order valence-corrected chi connectivity index (χ0v) is 9.86. The third-order valence-corrected chi connectivity index (χ3v) is 2.98. The van der Waals surface area contributed by atoms with Crippen molar-refractivity contribution in [3.63, 3.8) is 0 Å². The minimum atomic E-state index is -0.727. The quantitative estimate of drug-likeness (QED) is 0.830. The van der Waals surface area contributed by atoms with Gasteiger partial charge in [0, 0.05) is 16.9 Å². The summed E-state index contributed by atoms with van der Waals surface area (Å²) >= 11 is 3.27. The van der Waals surface area contributed by atoms with E-state index in [-0.39, 0.29) is 5.91 Å². The van der Waals surface area contributed by atoms with Crippen molar-refractivity contribution in [3.05, 3.63) is 28.5 Å². The first-order valence-electron chi connectivity index (χ1n) is 4.61. The topological polar surface area (TPSA) is 53.4 Å². The monoisotopic (exact) mass is 270 g/mol. The molecule has 1 aromatic rings. The molecular formula is C10H11BrN2O2. The van der Waals surface area contributed by atoms with Gasteiger partial charge in [-0.2, -0.15) is 0 Å². The summed E-state index contributed by atoms with van der Waals surface area (Å²) in [6, 6.07) is 1.67. The molecule has 1 aromatic heterocycles. The molecule has 1 aliphatic heterocycles. The van der Waals surface area contributed by atoms with Crippen LogP contribution in [0.4, 0.5) is 0 Å². The third-order valence-electron chi connectivity index (χ3n) is 2.35. The zero-order chi connectivity index (χ0) is 11.1. The van der Waals surface area contributed by atoms with Crippen LogP contribution in [0.25, 0.3) is 0 Å². The van der Waals surface area contributed by atoms with Crippen molar-refractivity contribution < 1.29 is 9.90 Å². The number of hydrogen-bond acceptors (Lipinski definition) is 3. The van der Waals surface area contributed by atoms with Crippen molar-refractivity contribution in [2.45, 2.75) is 12.5 Å². The number of amides is 1. The molecule has 0 aromatic carbocycles. The highest BCUT2D eigenvalue weighted by Gasteiger charge is 2.39. The number of likely N-dealkylation sites (tertiary alicyclic amines) is 1. The average molecular weight is 271 g/mol. The van der Waals surface area contributed by atoms with Gasteiger partial charge in [-0.05, 0) is 28.9 Å². The summed E-state index contributed by atoms with van der Waals surface area (Å²) in [4.78, 5) is 17.4. The van der Waals surface area contributed by atoms with Crippen molar-refractivity contribution in [2.75, 3.05) is 13.1 Å². The molecule has 0 radical (unpaired) electrons. The fraction of sp³-hybridized carbons (Fsp3) is 0.400. The molecule has 1 fully saturated rings. The van der Waals surface area contributed by atoms with Gasteiger partial charge < -0.3 is 10.0 Å². The lowest BCUT2D eigenvalue weighted by Crippen LogP contribution is -2.61. The molecule has 1 N–H and O–H groups in total. The number of halogens is 1. The normalized spacial score (nSPS) is 18.5. The van der Waals surface area contributed by atoms with Crippen LogP contribution in [0.3, 0.4) is 0 Å². The first kappa shape index (κ1) is 10.6. The number of rotatable bonds is 1. The number of carbonyl (C=O) groups is 1. The minimum Gasteiger partial charge on any atom is -0.386 e. The van der Waals surface area contributed by atoms with E-state index in [9.17, 15) is 9.90 Å². The number of aromatic nitrogens is 1. The molecule has 0 saturated carbocycles. The Hall–Kier alpha value is -0.940. The molecule has 0 aliphatic carbocycles. The van der Waals surface area contributed by atoms with Crippen LogP contribution >= 0.6 is 15.9 Å². The average Bonchev–Trinajstić information content (AvgIpc) is 2.14. The van der Waals surface area contributed by atoms with Gasteiger partial charge in [0.15, 0.2) is 0 Å². The Bertz CT molecular complexity index is 398. The molecule has 2 heterocycles. The lowest BCUT2D eigenvalue weighted by Gasteiger charge is -2.44. The molecule has 0 bridgehead atoms. The summed E-state index contributed by atoms with van der Waals surface area (Å²) in [5.74, 6) is -0.0733.